The Morgan fingerprint density at radius 3 is 2.70 bits per heavy atom. The summed E-state index contributed by atoms with van der Waals surface area (Å²) in [4.78, 5) is 46.7. The monoisotopic (exact) mass is 445 g/mol. The van der Waals surface area contributed by atoms with Crippen molar-refractivity contribution >= 4 is 34.6 Å². The summed E-state index contributed by atoms with van der Waals surface area (Å²) in [5.74, 6) is -0.220. The fraction of sp³-hybridized carbons (Fsp3) is 0.500. The lowest BCUT2D eigenvalue weighted by Crippen LogP contribution is -2.86. The number of aromatic amines is 1. The quantitative estimate of drug-likeness (QED) is 0.610. The molecule has 33 heavy (non-hydrogen) atoms. The number of benzene rings is 1. The van der Waals surface area contributed by atoms with E-state index in [1.165, 1.54) is 0 Å². The molecule has 2 N–H and O–H groups in total. The molecule has 1 aromatic carbocycles. The molecule has 1 aliphatic carbocycles. The van der Waals surface area contributed by atoms with Crippen LogP contribution >= 0.6 is 0 Å². The van der Waals surface area contributed by atoms with Gasteiger partial charge in [0, 0.05) is 40.1 Å². The number of piperazine rings is 1. The van der Waals surface area contributed by atoms with Gasteiger partial charge in [-0.25, -0.2) is 0 Å². The van der Waals surface area contributed by atoms with E-state index in [4.69, 9.17) is 4.74 Å². The van der Waals surface area contributed by atoms with E-state index < -0.39 is 22.1 Å². The number of nitrogens with one attached hydrogen (secondary N) is 2. The van der Waals surface area contributed by atoms with Gasteiger partial charge in [0.15, 0.2) is 5.54 Å². The van der Waals surface area contributed by atoms with Gasteiger partial charge in [0.1, 0.15) is 16.9 Å². The van der Waals surface area contributed by atoms with Crippen LogP contribution in [0.3, 0.4) is 0 Å². The number of rotatable bonds is 0. The van der Waals surface area contributed by atoms with Gasteiger partial charge < -0.3 is 19.9 Å². The maximum atomic E-state index is 14.3. The number of hydrogen-bond donors (Lipinski definition) is 2. The predicted octanol–water partition coefficient (Wildman–Crippen LogP) is 3.08. The van der Waals surface area contributed by atoms with Crippen LogP contribution in [0.5, 0.6) is 5.75 Å². The van der Waals surface area contributed by atoms with Gasteiger partial charge in [-0.2, -0.15) is 0 Å². The first kappa shape index (κ1) is 19.4. The van der Waals surface area contributed by atoms with Crippen LogP contribution < -0.4 is 10.1 Å². The van der Waals surface area contributed by atoms with Gasteiger partial charge in [0.25, 0.3) is 5.91 Å². The van der Waals surface area contributed by atoms with Crippen molar-refractivity contribution in [2.75, 3.05) is 6.54 Å². The lowest BCUT2D eigenvalue weighted by atomic mass is 9.51. The molecule has 2 amide bonds. The number of nitrogens with zero attached hydrogens (tertiary/aromatic N) is 1. The molecule has 6 heterocycles. The number of fused-ring (bicyclic) bond motifs is 6. The zero-order chi connectivity index (χ0) is 23.1. The first-order valence-electron chi connectivity index (χ1n) is 11.8. The first-order valence-corrected chi connectivity index (χ1v) is 11.8. The Balaban J connectivity index is 1.51. The molecule has 5 aliphatic heterocycles. The standard InChI is InChI=1S/C26H27N3O4/c1-23(2)10-8-13-15(33-23)7-6-14-17-19(27-18(13)14)24(3,4)16-12-25-9-5-11-29(25)22(32)26(16,20(17)30)28-21(25)31/h6-8,10,16,27H,5,9,11-12H2,1-4H3,(H,28,31)/t16-,25-,26+/m0/s1. The van der Waals surface area contributed by atoms with E-state index in [1.807, 2.05) is 38.1 Å². The van der Waals surface area contributed by atoms with E-state index in [9.17, 15) is 14.4 Å². The van der Waals surface area contributed by atoms with Crippen molar-refractivity contribution in [2.45, 2.75) is 69.1 Å². The third kappa shape index (κ3) is 1.94. The van der Waals surface area contributed by atoms with E-state index in [0.29, 0.717) is 24.9 Å². The fourth-order valence-electron chi connectivity index (χ4n) is 7.32. The molecule has 3 atom stereocenters. The van der Waals surface area contributed by atoms with E-state index >= 15 is 0 Å². The molecule has 4 saturated heterocycles. The van der Waals surface area contributed by atoms with Crippen LogP contribution in [-0.4, -0.2) is 50.7 Å². The van der Waals surface area contributed by atoms with Crippen molar-refractivity contribution in [3.8, 4) is 5.75 Å². The summed E-state index contributed by atoms with van der Waals surface area (Å²) in [7, 11) is 0. The Labute approximate surface area is 191 Å². The topological polar surface area (TPSA) is 91.5 Å². The van der Waals surface area contributed by atoms with Crippen molar-refractivity contribution in [2.24, 2.45) is 5.92 Å². The lowest BCUT2D eigenvalue weighted by Gasteiger charge is -2.62. The third-order valence-corrected chi connectivity index (χ3v) is 8.97. The van der Waals surface area contributed by atoms with Crippen molar-refractivity contribution in [1.29, 1.82) is 0 Å². The highest BCUT2D eigenvalue weighted by molar-refractivity contribution is 6.28. The van der Waals surface area contributed by atoms with Crippen LogP contribution in [0.25, 0.3) is 17.0 Å². The van der Waals surface area contributed by atoms with Crippen molar-refractivity contribution in [3.63, 3.8) is 0 Å². The zero-order valence-corrected chi connectivity index (χ0v) is 19.3. The average Bonchev–Trinajstić information content (AvgIpc) is 3.36. The summed E-state index contributed by atoms with van der Waals surface area (Å²) in [6.45, 7) is 8.74. The lowest BCUT2D eigenvalue weighted by molar-refractivity contribution is -0.174. The highest BCUT2D eigenvalue weighted by atomic mass is 16.5. The highest BCUT2D eigenvalue weighted by Gasteiger charge is 2.76. The van der Waals surface area contributed by atoms with Gasteiger partial charge in [-0.3, -0.25) is 14.4 Å². The summed E-state index contributed by atoms with van der Waals surface area (Å²) in [6, 6.07) is 3.80. The number of amides is 2. The number of H-pyrrole nitrogens is 1. The average molecular weight is 446 g/mol. The second-order valence-electron chi connectivity index (χ2n) is 11.5. The molecule has 4 fully saturated rings. The molecule has 1 aromatic heterocycles. The fourth-order valence-corrected chi connectivity index (χ4v) is 7.32. The van der Waals surface area contributed by atoms with Gasteiger partial charge in [0.2, 0.25) is 11.7 Å². The van der Waals surface area contributed by atoms with E-state index in [0.717, 1.165) is 34.3 Å². The predicted molar refractivity (Wildman–Crippen MR) is 122 cm³/mol. The Morgan fingerprint density at radius 2 is 1.91 bits per heavy atom. The molecule has 2 bridgehead atoms. The molecule has 6 aliphatic rings. The molecule has 2 spiro atoms. The Hall–Kier alpha value is -3.09. The van der Waals surface area contributed by atoms with E-state index in [-0.39, 0.29) is 23.5 Å². The van der Waals surface area contributed by atoms with Crippen LogP contribution in [0.1, 0.15) is 68.6 Å². The second-order valence-corrected chi connectivity index (χ2v) is 11.5. The molecule has 170 valence electrons. The van der Waals surface area contributed by atoms with Crippen LogP contribution in [0.2, 0.25) is 0 Å². The molecule has 8 rings (SSSR count). The highest BCUT2D eigenvalue weighted by Crippen LogP contribution is 2.59. The van der Waals surface area contributed by atoms with Gasteiger partial charge in [-0.1, -0.05) is 13.8 Å². The van der Waals surface area contributed by atoms with Crippen LogP contribution in [0.15, 0.2) is 18.2 Å². The van der Waals surface area contributed by atoms with Gasteiger partial charge >= 0.3 is 0 Å². The molecular weight excluding hydrogens is 418 g/mol. The Bertz CT molecular complexity index is 1370. The number of Topliss-reactive ketones (excluding diaryl/α,β-unsaturated/α-hetero) is 1. The van der Waals surface area contributed by atoms with Gasteiger partial charge in [-0.15, -0.1) is 0 Å². The molecular formula is C26H27N3O4. The SMILES string of the molecule is CC1(C)C=Cc2c(ccc3c4c([nH]c23)C(C)(C)[C@@H]2C[C@]35CCCN3C(=O)[C@]2(NC5=O)C4=O)O1. The number of carbonyl (C=O) groups is 3. The number of piperidine rings is 2. The summed E-state index contributed by atoms with van der Waals surface area (Å²) in [5.41, 5.74) is -0.146. The first-order chi connectivity index (χ1) is 15.5. The van der Waals surface area contributed by atoms with Crippen LogP contribution in [0.4, 0.5) is 0 Å². The van der Waals surface area contributed by atoms with E-state index in [1.54, 1.807) is 4.90 Å². The largest absolute Gasteiger partial charge is 0.483 e. The Kier molecular flexibility index (Phi) is 3.14. The summed E-state index contributed by atoms with van der Waals surface area (Å²) in [6.07, 6.45) is 6.03. The maximum Gasteiger partial charge on any atom is 0.257 e. The maximum absolute atomic E-state index is 14.3. The number of hydrogen-bond acceptors (Lipinski definition) is 4. The van der Waals surface area contributed by atoms with Crippen LogP contribution in [0, 0.1) is 5.92 Å². The second kappa shape index (κ2) is 5.34. The third-order valence-electron chi connectivity index (χ3n) is 8.97. The van der Waals surface area contributed by atoms with Crippen LogP contribution in [-0.2, 0) is 15.0 Å². The van der Waals surface area contributed by atoms with Crippen molar-refractivity contribution < 1.29 is 19.1 Å². The number of ketones is 1. The summed E-state index contributed by atoms with van der Waals surface area (Å²) < 4.78 is 6.15. The minimum absolute atomic E-state index is 0.167. The van der Waals surface area contributed by atoms with Gasteiger partial charge in [0.05, 0.1) is 5.52 Å². The molecule has 0 saturated carbocycles. The molecule has 2 aromatic rings. The normalized spacial score (nSPS) is 34.5. The van der Waals surface area contributed by atoms with Crippen molar-refractivity contribution in [1.82, 2.24) is 15.2 Å². The minimum Gasteiger partial charge on any atom is -0.483 e. The minimum atomic E-state index is -1.53. The van der Waals surface area contributed by atoms with Gasteiger partial charge in [-0.05, 0) is 57.4 Å². The molecule has 7 nitrogen and oxygen atoms in total. The summed E-state index contributed by atoms with van der Waals surface area (Å²) >= 11 is 0. The molecule has 7 heteroatoms. The molecule has 0 unspecified atom stereocenters. The summed E-state index contributed by atoms with van der Waals surface area (Å²) in [5, 5.41) is 3.76. The number of ether oxygens (including phenoxy) is 1. The number of aromatic nitrogens is 1. The Morgan fingerprint density at radius 1 is 1.12 bits per heavy atom. The number of carbonyl (C=O) groups excluding carboxylic acids is 3. The zero-order valence-electron chi connectivity index (χ0n) is 19.3. The molecule has 0 radical (unpaired) electrons. The van der Waals surface area contributed by atoms with Crippen molar-refractivity contribution in [3.05, 3.63) is 35.0 Å². The van der Waals surface area contributed by atoms with E-state index in [2.05, 4.69) is 24.1 Å². The smallest absolute Gasteiger partial charge is 0.257 e.